The maximum absolute atomic E-state index is 10.1. The first-order chi connectivity index (χ1) is 11.1. The Labute approximate surface area is 143 Å². The van der Waals surface area contributed by atoms with Crippen molar-refractivity contribution in [3.8, 4) is 5.75 Å². The third kappa shape index (κ3) is 5.15. The Hall–Kier alpha value is -1.71. The Morgan fingerprint density at radius 2 is 2.17 bits per heavy atom. The first kappa shape index (κ1) is 17.6. The molecule has 0 bridgehead atoms. The molecule has 1 heterocycles. The van der Waals surface area contributed by atoms with Gasteiger partial charge in [-0.1, -0.05) is 18.7 Å². The van der Waals surface area contributed by atoms with Gasteiger partial charge in [0.05, 0.1) is 6.61 Å². The molecule has 0 aliphatic carbocycles. The lowest BCUT2D eigenvalue weighted by Gasteiger charge is -2.18. The molecule has 9 heteroatoms. The van der Waals surface area contributed by atoms with Gasteiger partial charge in [-0.2, -0.15) is 9.36 Å². The molecular formula is C14H19N5O2S2. The molecule has 0 spiro atoms. The number of aromatic hydroxyl groups is 1. The number of thioether (sulfide) groups is 1. The lowest BCUT2D eigenvalue weighted by atomic mass is 10.2. The van der Waals surface area contributed by atoms with Crippen molar-refractivity contribution in [1.82, 2.24) is 9.36 Å². The molecule has 2 N–H and O–H groups in total. The number of hydrogen-bond donors (Lipinski definition) is 2. The first-order valence-corrected chi connectivity index (χ1v) is 8.93. The summed E-state index contributed by atoms with van der Waals surface area (Å²) in [5.41, 5.74) is 1.32. The summed E-state index contributed by atoms with van der Waals surface area (Å²) < 4.78 is 4.11. The van der Waals surface area contributed by atoms with Crippen molar-refractivity contribution in [2.24, 2.45) is 10.2 Å². The fourth-order valence-corrected chi connectivity index (χ4v) is 3.04. The molecule has 0 saturated heterocycles. The predicted octanol–water partition coefficient (Wildman–Crippen LogP) is 3.59. The molecule has 7 nitrogen and oxygen atoms in total. The molecule has 2 rings (SSSR count). The van der Waals surface area contributed by atoms with Gasteiger partial charge in [-0.3, -0.25) is 0 Å². The number of hydrogen-bond acceptors (Lipinski definition) is 9. The highest BCUT2D eigenvalue weighted by molar-refractivity contribution is 7.99. The van der Waals surface area contributed by atoms with Crippen LogP contribution in [0.1, 0.15) is 13.3 Å². The van der Waals surface area contributed by atoms with E-state index in [1.54, 1.807) is 12.1 Å². The number of anilines is 1. The average molecular weight is 353 g/mol. The Bertz CT molecular complexity index is 662. The highest BCUT2D eigenvalue weighted by Gasteiger charge is 2.07. The van der Waals surface area contributed by atoms with Gasteiger partial charge in [0.15, 0.2) is 0 Å². The minimum atomic E-state index is 0.0768. The maximum atomic E-state index is 10.1. The number of aliphatic hydroxyl groups excluding tert-OH is 1. The van der Waals surface area contributed by atoms with Crippen molar-refractivity contribution in [1.29, 1.82) is 0 Å². The maximum Gasteiger partial charge on any atom is 0.250 e. The molecule has 0 saturated carbocycles. The van der Waals surface area contributed by atoms with Crippen LogP contribution in [0.4, 0.5) is 16.5 Å². The van der Waals surface area contributed by atoms with Crippen molar-refractivity contribution >= 4 is 39.8 Å². The van der Waals surface area contributed by atoms with Gasteiger partial charge in [-0.05, 0) is 18.6 Å². The molecule has 0 unspecified atom stereocenters. The lowest BCUT2D eigenvalue weighted by Crippen LogP contribution is -2.17. The van der Waals surface area contributed by atoms with Crippen molar-refractivity contribution in [3.05, 3.63) is 18.2 Å². The zero-order chi connectivity index (χ0) is 16.7. The fourth-order valence-electron chi connectivity index (χ4n) is 1.83. The Morgan fingerprint density at radius 1 is 1.35 bits per heavy atom. The highest BCUT2D eigenvalue weighted by atomic mass is 32.2. The summed E-state index contributed by atoms with van der Waals surface area (Å²) in [6, 6.07) is 5.29. The molecule has 0 aliphatic heterocycles. The van der Waals surface area contributed by atoms with Gasteiger partial charge < -0.3 is 15.1 Å². The topological polar surface area (TPSA) is 94.2 Å². The summed E-state index contributed by atoms with van der Waals surface area (Å²) in [7, 11) is 1.98. The van der Waals surface area contributed by atoms with E-state index < -0.39 is 0 Å². The smallest absolute Gasteiger partial charge is 0.250 e. The third-order valence-electron chi connectivity index (χ3n) is 2.92. The average Bonchev–Trinajstić information content (AvgIpc) is 2.99. The molecule has 0 aliphatic rings. The van der Waals surface area contributed by atoms with Crippen LogP contribution in [0.2, 0.25) is 0 Å². The second-order valence-electron chi connectivity index (χ2n) is 4.73. The van der Waals surface area contributed by atoms with E-state index in [0.29, 0.717) is 21.7 Å². The van der Waals surface area contributed by atoms with E-state index in [9.17, 15) is 5.11 Å². The fraction of sp³-hybridized carbons (Fsp3) is 0.429. The van der Waals surface area contributed by atoms with Crippen LogP contribution in [0.3, 0.4) is 0 Å². The second-order valence-corrected chi connectivity index (χ2v) is 6.52. The Morgan fingerprint density at radius 3 is 2.87 bits per heavy atom. The third-order valence-corrected chi connectivity index (χ3v) is 4.46. The Balaban J connectivity index is 2.06. The molecule has 124 valence electrons. The number of phenols is 1. The molecule has 0 radical (unpaired) electrons. The molecule has 2 aromatic rings. The van der Waals surface area contributed by atoms with E-state index in [1.807, 2.05) is 13.1 Å². The number of rotatable bonds is 8. The largest absolute Gasteiger partial charge is 0.506 e. The zero-order valence-electron chi connectivity index (χ0n) is 13.0. The van der Waals surface area contributed by atoms with E-state index in [1.165, 1.54) is 11.8 Å². The molecule has 1 aromatic heterocycles. The summed E-state index contributed by atoms with van der Waals surface area (Å²) >= 11 is 2.48. The van der Waals surface area contributed by atoms with Crippen LogP contribution in [0, 0.1) is 0 Å². The zero-order valence-corrected chi connectivity index (χ0v) is 14.6. The number of phenolic OH excluding ortho intramolecular Hbond substituents is 1. The summed E-state index contributed by atoms with van der Waals surface area (Å²) in [6.07, 6.45) is 1.03. The van der Waals surface area contributed by atoms with Crippen molar-refractivity contribution in [2.45, 2.75) is 18.5 Å². The Kier molecular flexibility index (Phi) is 6.75. The number of nitrogens with zero attached hydrogens (tertiary/aromatic N) is 5. The number of aromatic nitrogens is 2. The van der Waals surface area contributed by atoms with Crippen molar-refractivity contribution < 1.29 is 10.2 Å². The molecule has 0 amide bonds. The predicted molar refractivity (Wildman–Crippen MR) is 93.6 cm³/mol. The lowest BCUT2D eigenvalue weighted by molar-refractivity contribution is 0.322. The van der Waals surface area contributed by atoms with Crippen molar-refractivity contribution in [2.75, 3.05) is 30.9 Å². The SMILES string of the molecule is CCCN(C)c1ccc(N=Nc2nc(SCCO)ns2)c(O)c1. The van der Waals surface area contributed by atoms with Crippen LogP contribution in [0.15, 0.2) is 33.6 Å². The van der Waals surface area contributed by atoms with E-state index in [2.05, 4.69) is 31.4 Å². The minimum Gasteiger partial charge on any atom is -0.506 e. The van der Waals surface area contributed by atoms with Gasteiger partial charge in [-0.25, -0.2) is 0 Å². The monoisotopic (exact) mass is 353 g/mol. The molecule has 1 aromatic carbocycles. The van der Waals surface area contributed by atoms with Gasteiger partial charge >= 0.3 is 0 Å². The standard InChI is InChI=1S/C14H19N5O2S2/c1-3-6-19(2)10-4-5-11(12(21)9-10)16-17-13-15-14(18-23-13)22-8-7-20/h4-5,9,20-21H,3,6-8H2,1-2H3. The molecule has 0 atom stereocenters. The van der Waals surface area contributed by atoms with Crippen molar-refractivity contribution in [3.63, 3.8) is 0 Å². The number of benzene rings is 1. The number of aliphatic hydroxyl groups is 1. The second kappa shape index (κ2) is 8.80. The van der Waals surface area contributed by atoms with Crippen LogP contribution in [0.5, 0.6) is 5.75 Å². The summed E-state index contributed by atoms with van der Waals surface area (Å²) in [5.74, 6) is 0.620. The molecule has 0 fully saturated rings. The summed E-state index contributed by atoms with van der Waals surface area (Å²) in [4.78, 5) is 6.24. The van der Waals surface area contributed by atoms with Crippen LogP contribution in [-0.2, 0) is 0 Å². The van der Waals surface area contributed by atoms with Gasteiger partial charge in [-0.15, -0.1) is 10.2 Å². The van der Waals surface area contributed by atoms with Gasteiger partial charge in [0.25, 0.3) is 0 Å². The van der Waals surface area contributed by atoms with Crippen LogP contribution >= 0.6 is 23.3 Å². The minimum absolute atomic E-state index is 0.0768. The highest BCUT2D eigenvalue weighted by Crippen LogP contribution is 2.32. The van der Waals surface area contributed by atoms with E-state index >= 15 is 0 Å². The van der Waals surface area contributed by atoms with Gasteiger partial charge in [0.2, 0.25) is 10.3 Å². The van der Waals surface area contributed by atoms with Crippen LogP contribution in [-0.4, -0.2) is 45.5 Å². The summed E-state index contributed by atoms with van der Waals surface area (Å²) in [6.45, 7) is 3.10. The van der Waals surface area contributed by atoms with Crippen LogP contribution < -0.4 is 4.90 Å². The normalized spacial score (nSPS) is 11.3. The number of azo groups is 1. The van der Waals surface area contributed by atoms with E-state index in [4.69, 9.17) is 5.11 Å². The first-order valence-electron chi connectivity index (χ1n) is 7.17. The quantitative estimate of drug-likeness (QED) is 0.556. The van der Waals surface area contributed by atoms with Crippen LogP contribution in [0.25, 0.3) is 0 Å². The van der Waals surface area contributed by atoms with Gasteiger partial charge in [0, 0.05) is 42.6 Å². The molecular weight excluding hydrogens is 334 g/mol. The molecule has 23 heavy (non-hydrogen) atoms. The van der Waals surface area contributed by atoms with E-state index in [0.717, 1.165) is 30.2 Å². The summed E-state index contributed by atoms with van der Waals surface area (Å²) in [5, 5.41) is 27.8. The van der Waals surface area contributed by atoms with E-state index in [-0.39, 0.29) is 12.4 Å². The van der Waals surface area contributed by atoms with Gasteiger partial charge in [0.1, 0.15) is 11.4 Å².